The van der Waals surface area contributed by atoms with Crippen molar-refractivity contribution in [2.75, 3.05) is 50.2 Å². The third-order valence-electron chi connectivity index (χ3n) is 5.83. The van der Waals surface area contributed by atoms with Crippen LogP contribution >= 0.6 is 11.3 Å². The standard InChI is InChI=1S/C25H24N4O5S/c30-23(15-28-9-11-29(12-10-28)25(32)22-6-3-13-35-22)27-19-5-2-1-4-18(19)24(31)26-17-7-8-20-21(14-17)34-16-33-20/h1-8,13-14H,9-12,15-16H2,(H,26,31)(H,27,30). The van der Waals surface area contributed by atoms with Gasteiger partial charge in [0.1, 0.15) is 0 Å². The molecule has 0 unspecified atom stereocenters. The summed E-state index contributed by atoms with van der Waals surface area (Å²) in [5.41, 5.74) is 1.35. The molecule has 3 aromatic rings. The molecular formula is C25H24N4O5S. The summed E-state index contributed by atoms with van der Waals surface area (Å²) in [5.74, 6) is 0.673. The zero-order valence-corrected chi connectivity index (χ0v) is 19.7. The molecule has 0 radical (unpaired) electrons. The summed E-state index contributed by atoms with van der Waals surface area (Å²) in [6, 6.07) is 15.7. The van der Waals surface area contributed by atoms with Gasteiger partial charge in [-0.15, -0.1) is 11.3 Å². The number of para-hydroxylation sites is 1. The molecule has 35 heavy (non-hydrogen) atoms. The quantitative estimate of drug-likeness (QED) is 0.549. The first-order valence-electron chi connectivity index (χ1n) is 11.2. The fourth-order valence-electron chi connectivity index (χ4n) is 4.02. The van der Waals surface area contributed by atoms with Crippen LogP contribution in [0.4, 0.5) is 11.4 Å². The smallest absolute Gasteiger partial charge is 0.264 e. The third kappa shape index (κ3) is 5.28. The van der Waals surface area contributed by atoms with E-state index in [0.717, 1.165) is 4.88 Å². The van der Waals surface area contributed by atoms with Crippen LogP contribution in [0, 0.1) is 0 Å². The van der Waals surface area contributed by atoms with E-state index in [1.54, 1.807) is 42.5 Å². The number of hydrogen-bond acceptors (Lipinski definition) is 7. The molecule has 1 saturated heterocycles. The molecule has 180 valence electrons. The van der Waals surface area contributed by atoms with E-state index in [0.29, 0.717) is 54.6 Å². The second kappa shape index (κ2) is 10.2. The molecule has 1 fully saturated rings. The second-order valence-corrected chi connectivity index (χ2v) is 9.11. The van der Waals surface area contributed by atoms with Crippen molar-refractivity contribution in [2.24, 2.45) is 0 Å². The Morgan fingerprint density at radius 1 is 0.886 bits per heavy atom. The highest BCUT2D eigenvalue weighted by Crippen LogP contribution is 2.34. The molecule has 0 spiro atoms. The minimum Gasteiger partial charge on any atom is -0.454 e. The average molecular weight is 493 g/mol. The van der Waals surface area contributed by atoms with Gasteiger partial charge in [0.2, 0.25) is 12.7 Å². The minimum absolute atomic E-state index is 0.0338. The maximum absolute atomic E-state index is 12.9. The topological polar surface area (TPSA) is 100 Å². The molecule has 2 aliphatic rings. The summed E-state index contributed by atoms with van der Waals surface area (Å²) in [7, 11) is 0. The van der Waals surface area contributed by atoms with Crippen LogP contribution in [0.15, 0.2) is 60.0 Å². The fraction of sp³-hybridized carbons (Fsp3) is 0.240. The number of thiophene rings is 1. The summed E-state index contributed by atoms with van der Waals surface area (Å²) in [5, 5.41) is 7.58. The molecule has 0 bridgehead atoms. The lowest BCUT2D eigenvalue weighted by molar-refractivity contribution is -0.117. The maximum atomic E-state index is 12.9. The van der Waals surface area contributed by atoms with Crippen LogP contribution in [0.5, 0.6) is 11.5 Å². The number of amides is 3. The Morgan fingerprint density at radius 3 is 2.49 bits per heavy atom. The summed E-state index contributed by atoms with van der Waals surface area (Å²) >= 11 is 1.43. The van der Waals surface area contributed by atoms with Crippen LogP contribution in [0.2, 0.25) is 0 Å². The maximum Gasteiger partial charge on any atom is 0.264 e. The van der Waals surface area contributed by atoms with Crippen molar-refractivity contribution in [3.8, 4) is 11.5 Å². The van der Waals surface area contributed by atoms with E-state index in [1.807, 2.05) is 27.3 Å². The van der Waals surface area contributed by atoms with Crippen LogP contribution in [0.3, 0.4) is 0 Å². The number of benzene rings is 2. The Bertz CT molecular complexity index is 1240. The van der Waals surface area contributed by atoms with E-state index in [4.69, 9.17) is 9.47 Å². The van der Waals surface area contributed by atoms with E-state index < -0.39 is 0 Å². The van der Waals surface area contributed by atoms with Crippen molar-refractivity contribution >= 4 is 40.4 Å². The average Bonchev–Trinajstić information content (AvgIpc) is 3.56. The number of carbonyl (C=O) groups is 3. The number of piperazine rings is 1. The lowest BCUT2D eigenvalue weighted by Crippen LogP contribution is -2.50. The number of ether oxygens (including phenoxy) is 2. The molecule has 0 aliphatic carbocycles. The van der Waals surface area contributed by atoms with E-state index >= 15 is 0 Å². The molecule has 10 heteroatoms. The van der Waals surface area contributed by atoms with Gasteiger partial charge in [-0.1, -0.05) is 18.2 Å². The van der Waals surface area contributed by atoms with Gasteiger partial charge in [0.05, 0.1) is 22.7 Å². The molecule has 0 atom stereocenters. The molecular weight excluding hydrogens is 468 g/mol. The van der Waals surface area contributed by atoms with Gasteiger partial charge in [0, 0.05) is 37.9 Å². The van der Waals surface area contributed by atoms with Crippen molar-refractivity contribution in [3.05, 3.63) is 70.4 Å². The first-order valence-corrected chi connectivity index (χ1v) is 12.1. The molecule has 0 saturated carbocycles. The number of fused-ring (bicyclic) bond motifs is 1. The lowest BCUT2D eigenvalue weighted by atomic mass is 10.1. The van der Waals surface area contributed by atoms with Gasteiger partial charge < -0.3 is 25.0 Å². The van der Waals surface area contributed by atoms with E-state index in [2.05, 4.69) is 10.6 Å². The number of hydrogen-bond donors (Lipinski definition) is 2. The Kier molecular flexibility index (Phi) is 6.64. The normalized spacial score (nSPS) is 15.0. The van der Waals surface area contributed by atoms with Crippen LogP contribution in [-0.2, 0) is 4.79 Å². The number of rotatable bonds is 6. The summed E-state index contributed by atoms with van der Waals surface area (Å²) in [6.07, 6.45) is 0. The highest BCUT2D eigenvalue weighted by Gasteiger charge is 2.24. The van der Waals surface area contributed by atoms with Gasteiger partial charge in [0.15, 0.2) is 11.5 Å². The second-order valence-electron chi connectivity index (χ2n) is 8.16. The highest BCUT2D eigenvalue weighted by molar-refractivity contribution is 7.12. The van der Waals surface area contributed by atoms with Crippen LogP contribution < -0.4 is 20.1 Å². The van der Waals surface area contributed by atoms with Gasteiger partial charge in [-0.3, -0.25) is 19.3 Å². The molecule has 9 nitrogen and oxygen atoms in total. The van der Waals surface area contributed by atoms with Crippen molar-refractivity contribution in [2.45, 2.75) is 0 Å². The zero-order chi connectivity index (χ0) is 24.2. The fourth-order valence-corrected chi connectivity index (χ4v) is 4.71. The largest absolute Gasteiger partial charge is 0.454 e. The molecule has 5 rings (SSSR count). The van der Waals surface area contributed by atoms with E-state index in [1.165, 1.54) is 11.3 Å². The number of anilines is 2. The van der Waals surface area contributed by atoms with Crippen LogP contribution in [0.25, 0.3) is 0 Å². The van der Waals surface area contributed by atoms with E-state index in [-0.39, 0.29) is 31.1 Å². The Balaban J connectivity index is 1.16. The molecule has 2 aromatic carbocycles. The van der Waals surface area contributed by atoms with Crippen LogP contribution in [-0.4, -0.2) is 67.0 Å². The molecule has 3 heterocycles. The molecule has 2 N–H and O–H groups in total. The predicted octanol–water partition coefficient (Wildman–Crippen LogP) is 3.13. The third-order valence-corrected chi connectivity index (χ3v) is 6.69. The van der Waals surface area contributed by atoms with E-state index in [9.17, 15) is 14.4 Å². The minimum atomic E-state index is -0.347. The van der Waals surface area contributed by atoms with Gasteiger partial charge in [-0.25, -0.2) is 0 Å². The summed E-state index contributed by atoms with van der Waals surface area (Å²) < 4.78 is 10.7. The molecule has 3 amide bonds. The first kappa shape index (κ1) is 22.9. The van der Waals surface area contributed by atoms with Gasteiger partial charge >= 0.3 is 0 Å². The van der Waals surface area contributed by atoms with Crippen molar-refractivity contribution in [1.29, 1.82) is 0 Å². The van der Waals surface area contributed by atoms with Gasteiger partial charge in [-0.05, 0) is 35.7 Å². The molecule has 1 aromatic heterocycles. The number of nitrogens with zero attached hydrogens (tertiary/aromatic N) is 2. The van der Waals surface area contributed by atoms with Crippen molar-refractivity contribution in [3.63, 3.8) is 0 Å². The number of carbonyl (C=O) groups excluding carboxylic acids is 3. The highest BCUT2D eigenvalue weighted by atomic mass is 32.1. The Hall–Kier alpha value is -3.89. The predicted molar refractivity (Wildman–Crippen MR) is 132 cm³/mol. The summed E-state index contributed by atoms with van der Waals surface area (Å²) in [4.78, 5) is 42.7. The SMILES string of the molecule is O=C(CN1CCN(C(=O)c2cccs2)CC1)Nc1ccccc1C(=O)Nc1ccc2c(c1)OCO2. The van der Waals surface area contributed by atoms with Crippen molar-refractivity contribution < 1.29 is 23.9 Å². The first-order chi connectivity index (χ1) is 17.1. The zero-order valence-electron chi connectivity index (χ0n) is 18.9. The lowest BCUT2D eigenvalue weighted by Gasteiger charge is -2.34. The van der Waals surface area contributed by atoms with Crippen molar-refractivity contribution in [1.82, 2.24) is 9.80 Å². The van der Waals surface area contributed by atoms with Gasteiger partial charge in [-0.2, -0.15) is 0 Å². The molecule has 2 aliphatic heterocycles. The van der Waals surface area contributed by atoms with Gasteiger partial charge in [0.25, 0.3) is 11.8 Å². The Morgan fingerprint density at radius 2 is 1.69 bits per heavy atom. The summed E-state index contributed by atoms with van der Waals surface area (Å²) in [6.45, 7) is 2.69. The number of nitrogens with one attached hydrogen (secondary N) is 2. The Labute approximate surface area is 206 Å². The monoisotopic (exact) mass is 492 g/mol. The van der Waals surface area contributed by atoms with Crippen LogP contribution in [0.1, 0.15) is 20.0 Å².